The molecule has 1 atom stereocenters. The van der Waals surface area contributed by atoms with E-state index in [1.54, 1.807) is 13.0 Å². The number of halogens is 1. The number of aliphatic carboxylic acids is 1. The van der Waals surface area contributed by atoms with E-state index in [0.717, 1.165) is 18.4 Å². The Morgan fingerprint density at radius 1 is 1.56 bits per heavy atom. The van der Waals surface area contributed by atoms with Crippen molar-refractivity contribution in [3.8, 4) is 0 Å². The van der Waals surface area contributed by atoms with Crippen LogP contribution in [0, 0.1) is 0 Å². The van der Waals surface area contributed by atoms with Gasteiger partial charge < -0.3 is 10.8 Å². The van der Waals surface area contributed by atoms with Gasteiger partial charge in [0.25, 0.3) is 0 Å². The molecule has 1 aromatic rings. The topological polar surface area (TPSA) is 63.3 Å². The molecule has 0 aliphatic heterocycles. The van der Waals surface area contributed by atoms with Crippen LogP contribution >= 0.6 is 11.6 Å². The Balaban J connectivity index is 2.44. The average molecular weight is 240 g/mol. The van der Waals surface area contributed by atoms with Gasteiger partial charge in [-0.05, 0) is 37.5 Å². The summed E-state index contributed by atoms with van der Waals surface area (Å²) in [6, 6.07) is 7.31. The van der Waals surface area contributed by atoms with Gasteiger partial charge in [-0.25, -0.2) is 0 Å². The van der Waals surface area contributed by atoms with E-state index in [9.17, 15) is 9.90 Å². The van der Waals surface area contributed by atoms with Crippen LogP contribution in [0.4, 0.5) is 0 Å². The molecular formula is C12H14ClNO2. The number of nitrogens with two attached hydrogens (primary N) is 1. The highest BCUT2D eigenvalue weighted by Crippen LogP contribution is 2.55. The zero-order chi connectivity index (χ0) is 12.0. The van der Waals surface area contributed by atoms with Crippen molar-refractivity contribution in [2.45, 2.75) is 30.7 Å². The minimum atomic E-state index is -1.24. The summed E-state index contributed by atoms with van der Waals surface area (Å²) in [4.78, 5) is 11.2. The minimum Gasteiger partial charge on any atom is -0.480 e. The molecule has 3 N–H and O–H groups in total. The molecule has 1 aliphatic carbocycles. The molecule has 16 heavy (non-hydrogen) atoms. The summed E-state index contributed by atoms with van der Waals surface area (Å²) in [5, 5.41) is 9.81. The number of carboxylic acid groups (broad SMARTS) is 1. The minimum absolute atomic E-state index is 0.455. The number of rotatable bonds is 3. The largest absolute Gasteiger partial charge is 0.480 e. The van der Waals surface area contributed by atoms with E-state index >= 15 is 0 Å². The first-order chi connectivity index (χ1) is 7.40. The van der Waals surface area contributed by atoms with Gasteiger partial charge in [0.1, 0.15) is 5.54 Å². The molecule has 0 saturated heterocycles. The first-order valence-corrected chi connectivity index (χ1v) is 5.56. The second-order valence-electron chi connectivity index (χ2n) is 4.60. The van der Waals surface area contributed by atoms with E-state index in [0.29, 0.717) is 5.02 Å². The normalized spacial score (nSPS) is 21.2. The lowest BCUT2D eigenvalue weighted by Gasteiger charge is -2.30. The second kappa shape index (κ2) is 3.47. The summed E-state index contributed by atoms with van der Waals surface area (Å²) < 4.78 is 0. The molecular weight excluding hydrogens is 226 g/mol. The Labute approximate surface area is 99.2 Å². The van der Waals surface area contributed by atoms with Crippen LogP contribution in [0.15, 0.2) is 24.3 Å². The molecule has 4 heteroatoms. The van der Waals surface area contributed by atoms with Gasteiger partial charge in [0, 0.05) is 10.4 Å². The third kappa shape index (κ3) is 1.51. The smallest absolute Gasteiger partial charge is 0.324 e. The molecule has 1 aromatic carbocycles. The van der Waals surface area contributed by atoms with Crippen LogP contribution < -0.4 is 5.73 Å². The highest BCUT2D eigenvalue weighted by Gasteiger charge is 2.60. The van der Waals surface area contributed by atoms with Gasteiger partial charge in [-0.1, -0.05) is 23.7 Å². The molecule has 86 valence electrons. The second-order valence-corrected chi connectivity index (χ2v) is 5.04. The van der Waals surface area contributed by atoms with E-state index in [1.165, 1.54) is 0 Å². The number of hydrogen-bond acceptors (Lipinski definition) is 2. The Bertz CT molecular complexity index is 438. The number of benzene rings is 1. The molecule has 1 unspecified atom stereocenters. The maximum absolute atomic E-state index is 11.2. The monoisotopic (exact) mass is 239 g/mol. The molecule has 1 saturated carbocycles. The van der Waals surface area contributed by atoms with E-state index in [-0.39, 0.29) is 0 Å². The Morgan fingerprint density at radius 3 is 2.62 bits per heavy atom. The van der Waals surface area contributed by atoms with Crippen LogP contribution in [0.2, 0.25) is 5.02 Å². The summed E-state index contributed by atoms with van der Waals surface area (Å²) in [5.41, 5.74) is 5.17. The third-order valence-electron chi connectivity index (χ3n) is 3.57. The highest BCUT2D eigenvalue weighted by molar-refractivity contribution is 6.30. The quantitative estimate of drug-likeness (QED) is 0.850. The molecule has 0 spiro atoms. The summed E-state index contributed by atoms with van der Waals surface area (Å²) in [5.74, 6) is -0.968. The zero-order valence-corrected chi connectivity index (χ0v) is 9.79. The molecule has 0 radical (unpaired) electrons. The van der Waals surface area contributed by atoms with Crippen molar-refractivity contribution < 1.29 is 9.90 Å². The van der Waals surface area contributed by atoms with E-state index < -0.39 is 16.9 Å². The Kier molecular flexibility index (Phi) is 2.48. The number of carbonyl (C=O) groups is 1. The average Bonchev–Trinajstić information content (AvgIpc) is 2.98. The first-order valence-electron chi connectivity index (χ1n) is 5.18. The predicted molar refractivity (Wildman–Crippen MR) is 62.6 cm³/mol. The van der Waals surface area contributed by atoms with Crippen LogP contribution in [0.1, 0.15) is 25.3 Å². The molecule has 0 amide bonds. The lowest BCUT2D eigenvalue weighted by atomic mass is 9.78. The summed E-state index contributed by atoms with van der Waals surface area (Å²) in [6.45, 7) is 1.57. The van der Waals surface area contributed by atoms with Gasteiger partial charge in [0.05, 0.1) is 0 Å². The zero-order valence-electron chi connectivity index (χ0n) is 9.03. The van der Waals surface area contributed by atoms with E-state index in [4.69, 9.17) is 17.3 Å². The highest BCUT2D eigenvalue weighted by atomic mass is 35.5. The molecule has 1 fully saturated rings. The summed E-state index contributed by atoms with van der Waals surface area (Å²) in [6.07, 6.45) is 1.60. The molecule has 0 heterocycles. The molecule has 0 aromatic heterocycles. The van der Waals surface area contributed by atoms with Crippen molar-refractivity contribution in [1.29, 1.82) is 0 Å². The molecule has 1 aliphatic rings. The van der Waals surface area contributed by atoms with Crippen LogP contribution in [0.3, 0.4) is 0 Å². The van der Waals surface area contributed by atoms with Crippen molar-refractivity contribution in [3.05, 3.63) is 34.9 Å². The van der Waals surface area contributed by atoms with Gasteiger partial charge in [0.2, 0.25) is 0 Å². The third-order valence-corrected chi connectivity index (χ3v) is 3.80. The molecule has 0 bridgehead atoms. The predicted octanol–water partition coefficient (Wildman–Crippen LogP) is 2.17. The lowest BCUT2D eigenvalue weighted by molar-refractivity contribution is -0.144. The van der Waals surface area contributed by atoms with Crippen LogP contribution in [-0.4, -0.2) is 16.6 Å². The van der Waals surface area contributed by atoms with Crippen LogP contribution in [-0.2, 0) is 10.2 Å². The van der Waals surface area contributed by atoms with Gasteiger partial charge in [-0.2, -0.15) is 0 Å². The summed E-state index contributed by atoms with van der Waals surface area (Å²) >= 11 is 5.92. The summed E-state index contributed by atoms with van der Waals surface area (Å²) in [7, 11) is 0. The van der Waals surface area contributed by atoms with Crippen molar-refractivity contribution in [2.75, 3.05) is 0 Å². The molecule has 2 rings (SSSR count). The number of carboxylic acids is 1. The first kappa shape index (κ1) is 11.4. The SMILES string of the molecule is CC(N)(C(=O)O)C1(c2cccc(Cl)c2)CC1. The van der Waals surface area contributed by atoms with Gasteiger partial charge in [-0.3, -0.25) is 4.79 Å². The number of hydrogen-bond donors (Lipinski definition) is 2. The van der Waals surface area contributed by atoms with E-state index in [1.807, 2.05) is 18.2 Å². The van der Waals surface area contributed by atoms with Crippen molar-refractivity contribution in [1.82, 2.24) is 0 Å². The molecule has 3 nitrogen and oxygen atoms in total. The maximum atomic E-state index is 11.2. The lowest BCUT2D eigenvalue weighted by Crippen LogP contribution is -2.54. The maximum Gasteiger partial charge on any atom is 0.324 e. The van der Waals surface area contributed by atoms with Gasteiger partial charge in [0.15, 0.2) is 0 Å². The Morgan fingerprint density at radius 2 is 2.19 bits per heavy atom. The van der Waals surface area contributed by atoms with Crippen LogP contribution in [0.25, 0.3) is 0 Å². The fraction of sp³-hybridized carbons (Fsp3) is 0.417. The Hall–Kier alpha value is -1.06. The fourth-order valence-corrected chi connectivity index (χ4v) is 2.41. The standard InChI is InChI=1S/C12H14ClNO2/c1-11(14,10(15)16)12(5-6-12)8-3-2-4-9(13)7-8/h2-4,7H,5-6,14H2,1H3,(H,15,16). The van der Waals surface area contributed by atoms with Crippen molar-refractivity contribution >= 4 is 17.6 Å². The fourth-order valence-electron chi connectivity index (χ4n) is 2.22. The van der Waals surface area contributed by atoms with Crippen molar-refractivity contribution in [3.63, 3.8) is 0 Å². The van der Waals surface area contributed by atoms with Crippen LogP contribution in [0.5, 0.6) is 0 Å². The van der Waals surface area contributed by atoms with Crippen molar-refractivity contribution in [2.24, 2.45) is 5.73 Å². The van der Waals surface area contributed by atoms with Gasteiger partial charge in [-0.15, -0.1) is 0 Å². The van der Waals surface area contributed by atoms with Gasteiger partial charge >= 0.3 is 5.97 Å². The van der Waals surface area contributed by atoms with E-state index in [2.05, 4.69) is 0 Å².